The summed E-state index contributed by atoms with van der Waals surface area (Å²) >= 11 is 0. The Kier molecular flexibility index (Phi) is 5.12. The SMILES string of the molecule is CC(C)=CC(=O)CC1CC(F)(F)CN1C(=O)OC(C)(C)C. The van der Waals surface area contributed by atoms with Crippen LogP contribution in [0.15, 0.2) is 11.6 Å². The summed E-state index contributed by atoms with van der Waals surface area (Å²) in [6.45, 7) is 7.82. The highest BCUT2D eigenvalue weighted by atomic mass is 19.3. The van der Waals surface area contributed by atoms with Gasteiger partial charge in [-0.2, -0.15) is 0 Å². The molecule has 1 fully saturated rings. The van der Waals surface area contributed by atoms with Crippen molar-refractivity contribution in [1.82, 2.24) is 4.90 Å². The Hall–Kier alpha value is -1.46. The summed E-state index contributed by atoms with van der Waals surface area (Å²) in [5.41, 5.74) is 0.0391. The largest absolute Gasteiger partial charge is 0.444 e. The third kappa shape index (κ3) is 5.81. The number of carbonyl (C=O) groups excluding carboxylic acids is 2. The van der Waals surface area contributed by atoms with Gasteiger partial charge in [0.05, 0.1) is 6.54 Å². The van der Waals surface area contributed by atoms with E-state index >= 15 is 0 Å². The van der Waals surface area contributed by atoms with Crippen LogP contribution in [0.5, 0.6) is 0 Å². The lowest BCUT2D eigenvalue weighted by Crippen LogP contribution is -2.41. The molecular formula is C15H23F2NO3. The van der Waals surface area contributed by atoms with E-state index in [1.165, 1.54) is 6.08 Å². The van der Waals surface area contributed by atoms with E-state index in [4.69, 9.17) is 4.74 Å². The van der Waals surface area contributed by atoms with Crippen LogP contribution in [0.3, 0.4) is 0 Å². The van der Waals surface area contributed by atoms with Crippen molar-refractivity contribution in [3.05, 3.63) is 11.6 Å². The third-order valence-electron chi connectivity index (χ3n) is 2.89. The monoisotopic (exact) mass is 303 g/mol. The molecule has 120 valence electrons. The molecule has 1 heterocycles. The number of amides is 1. The van der Waals surface area contributed by atoms with Gasteiger partial charge in [0.25, 0.3) is 5.92 Å². The Morgan fingerprint density at radius 2 is 1.90 bits per heavy atom. The number of ether oxygens (including phenoxy) is 1. The number of allylic oxidation sites excluding steroid dienone is 2. The normalized spacial score (nSPS) is 21.1. The second kappa shape index (κ2) is 6.12. The molecule has 0 aromatic carbocycles. The Labute approximate surface area is 124 Å². The van der Waals surface area contributed by atoms with Crippen molar-refractivity contribution in [2.75, 3.05) is 6.54 Å². The van der Waals surface area contributed by atoms with Gasteiger partial charge in [0.1, 0.15) is 5.60 Å². The fourth-order valence-electron chi connectivity index (χ4n) is 2.23. The van der Waals surface area contributed by atoms with E-state index in [-0.39, 0.29) is 12.2 Å². The minimum absolute atomic E-state index is 0.111. The lowest BCUT2D eigenvalue weighted by Gasteiger charge is -2.27. The molecule has 1 unspecified atom stereocenters. The average molecular weight is 303 g/mol. The molecule has 1 amide bonds. The minimum Gasteiger partial charge on any atom is -0.444 e. The molecule has 0 aromatic rings. The first kappa shape index (κ1) is 17.6. The standard InChI is InChI=1S/C15H23F2NO3/c1-10(2)6-12(19)7-11-8-15(16,17)9-18(11)13(20)21-14(3,4)5/h6,11H,7-9H2,1-5H3. The van der Waals surface area contributed by atoms with Gasteiger partial charge in [-0.3, -0.25) is 9.69 Å². The van der Waals surface area contributed by atoms with Crippen molar-refractivity contribution in [2.45, 2.75) is 65.0 Å². The molecular weight excluding hydrogens is 280 g/mol. The number of halogens is 2. The van der Waals surface area contributed by atoms with E-state index in [1.807, 2.05) is 0 Å². The van der Waals surface area contributed by atoms with Crippen molar-refractivity contribution in [3.8, 4) is 0 Å². The molecule has 4 nitrogen and oxygen atoms in total. The molecule has 0 saturated carbocycles. The zero-order valence-electron chi connectivity index (χ0n) is 13.2. The van der Waals surface area contributed by atoms with Crippen LogP contribution < -0.4 is 0 Å². The van der Waals surface area contributed by atoms with Crippen molar-refractivity contribution in [3.63, 3.8) is 0 Å². The summed E-state index contributed by atoms with van der Waals surface area (Å²) in [6, 6.07) is -0.821. The number of rotatable bonds is 3. The van der Waals surface area contributed by atoms with E-state index in [1.54, 1.807) is 34.6 Å². The van der Waals surface area contributed by atoms with Gasteiger partial charge in [-0.1, -0.05) is 5.57 Å². The summed E-state index contributed by atoms with van der Waals surface area (Å²) < 4.78 is 32.3. The maximum absolute atomic E-state index is 13.6. The second-order valence-corrected chi connectivity index (χ2v) is 6.71. The summed E-state index contributed by atoms with van der Waals surface area (Å²) in [7, 11) is 0. The lowest BCUT2D eigenvalue weighted by molar-refractivity contribution is -0.115. The Morgan fingerprint density at radius 3 is 2.38 bits per heavy atom. The van der Waals surface area contributed by atoms with E-state index < -0.39 is 36.6 Å². The van der Waals surface area contributed by atoms with E-state index in [0.717, 1.165) is 10.5 Å². The fraction of sp³-hybridized carbons (Fsp3) is 0.733. The van der Waals surface area contributed by atoms with Crippen LogP contribution in [-0.2, 0) is 9.53 Å². The van der Waals surface area contributed by atoms with Gasteiger partial charge in [0.2, 0.25) is 0 Å². The average Bonchev–Trinajstić information content (AvgIpc) is 2.49. The van der Waals surface area contributed by atoms with Crippen LogP contribution >= 0.6 is 0 Å². The summed E-state index contributed by atoms with van der Waals surface area (Å²) in [5, 5.41) is 0. The molecule has 21 heavy (non-hydrogen) atoms. The molecule has 1 rings (SSSR count). The van der Waals surface area contributed by atoms with E-state index in [0.29, 0.717) is 0 Å². The van der Waals surface area contributed by atoms with Crippen LogP contribution in [0.2, 0.25) is 0 Å². The van der Waals surface area contributed by atoms with E-state index in [9.17, 15) is 18.4 Å². The van der Waals surface area contributed by atoms with Crippen molar-refractivity contribution in [1.29, 1.82) is 0 Å². The number of ketones is 1. The van der Waals surface area contributed by atoms with Gasteiger partial charge >= 0.3 is 6.09 Å². The number of alkyl halides is 2. The molecule has 1 atom stereocenters. The number of hydrogen-bond donors (Lipinski definition) is 0. The topological polar surface area (TPSA) is 46.6 Å². The van der Waals surface area contributed by atoms with Crippen molar-refractivity contribution < 1.29 is 23.1 Å². The Morgan fingerprint density at radius 1 is 1.33 bits per heavy atom. The van der Waals surface area contributed by atoms with Gasteiger partial charge in [0.15, 0.2) is 5.78 Å². The molecule has 1 aliphatic heterocycles. The highest BCUT2D eigenvalue weighted by molar-refractivity contribution is 5.91. The first-order valence-corrected chi connectivity index (χ1v) is 6.95. The van der Waals surface area contributed by atoms with E-state index in [2.05, 4.69) is 0 Å². The predicted octanol–water partition coefficient (Wildman–Crippen LogP) is 3.56. The maximum Gasteiger partial charge on any atom is 0.410 e. The van der Waals surface area contributed by atoms with Crippen molar-refractivity contribution in [2.24, 2.45) is 0 Å². The van der Waals surface area contributed by atoms with Gasteiger partial charge in [-0.15, -0.1) is 0 Å². The van der Waals surface area contributed by atoms with Crippen LogP contribution in [0.1, 0.15) is 47.5 Å². The quantitative estimate of drug-likeness (QED) is 0.749. The Bertz CT molecular complexity index is 448. The molecule has 0 radical (unpaired) electrons. The Balaban J connectivity index is 2.82. The molecule has 6 heteroatoms. The zero-order valence-corrected chi connectivity index (χ0v) is 13.2. The molecule has 1 saturated heterocycles. The smallest absolute Gasteiger partial charge is 0.410 e. The maximum atomic E-state index is 13.6. The van der Waals surface area contributed by atoms with Crippen LogP contribution in [0.25, 0.3) is 0 Å². The summed E-state index contributed by atoms with van der Waals surface area (Å²) in [5.74, 6) is -3.24. The first-order valence-electron chi connectivity index (χ1n) is 6.95. The molecule has 0 N–H and O–H groups in total. The van der Waals surface area contributed by atoms with Gasteiger partial charge in [-0.25, -0.2) is 13.6 Å². The first-order chi connectivity index (χ1) is 9.39. The predicted molar refractivity (Wildman–Crippen MR) is 75.3 cm³/mol. The zero-order chi connectivity index (χ0) is 16.4. The fourth-order valence-corrected chi connectivity index (χ4v) is 2.23. The molecule has 0 spiro atoms. The van der Waals surface area contributed by atoms with Gasteiger partial charge < -0.3 is 4.74 Å². The third-order valence-corrected chi connectivity index (χ3v) is 2.89. The number of carbonyl (C=O) groups is 2. The molecule has 1 aliphatic rings. The lowest BCUT2D eigenvalue weighted by atomic mass is 10.1. The summed E-state index contributed by atoms with van der Waals surface area (Å²) in [6.07, 6.45) is -0.00659. The second-order valence-electron chi connectivity index (χ2n) is 6.71. The molecule has 0 aliphatic carbocycles. The highest BCUT2D eigenvalue weighted by Crippen LogP contribution is 2.34. The summed E-state index contributed by atoms with van der Waals surface area (Å²) in [4.78, 5) is 24.8. The van der Waals surface area contributed by atoms with Gasteiger partial charge in [0, 0.05) is 18.9 Å². The number of likely N-dealkylation sites (tertiary alicyclic amines) is 1. The van der Waals surface area contributed by atoms with Crippen LogP contribution in [0.4, 0.5) is 13.6 Å². The van der Waals surface area contributed by atoms with Crippen LogP contribution in [-0.4, -0.2) is 40.9 Å². The molecule has 0 bridgehead atoms. The number of hydrogen-bond acceptors (Lipinski definition) is 3. The van der Waals surface area contributed by atoms with Crippen molar-refractivity contribution >= 4 is 11.9 Å². The molecule has 0 aromatic heterocycles. The van der Waals surface area contributed by atoms with Crippen LogP contribution in [0, 0.1) is 0 Å². The van der Waals surface area contributed by atoms with Gasteiger partial charge in [-0.05, 0) is 40.7 Å². The highest BCUT2D eigenvalue weighted by Gasteiger charge is 2.48. The minimum atomic E-state index is -2.98. The number of nitrogens with zero attached hydrogens (tertiary/aromatic N) is 1.